The molecule has 0 aromatic carbocycles. The van der Waals surface area contributed by atoms with E-state index in [4.69, 9.17) is 19.7 Å². The van der Waals surface area contributed by atoms with Crippen molar-refractivity contribution in [1.29, 1.82) is 0 Å². The van der Waals surface area contributed by atoms with Crippen LogP contribution in [0.4, 0.5) is 4.79 Å². The molecule has 0 aliphatic rings. The summed E-state index contributed by atoms with van der Waals surface area (Å²) in [4.78, 5) is 11.1. The molecule has 0 bridgehead atoms. The van der Waals surface area contributed by atoms with Gasteiger partial charge in [-0.05, 0) is 13.3 Å². The van der Waals surface area contributed by atoms with E-state index in [0.717, 1.165) is 0 Å². The third kappa shape index (κ3) is 6.61. The molecule has 6 nitrogen and oxygen atoms in total. The van der Waals surface area contributed by atoms with E-state index in [0.29, 0.717) is 25.6 Å². The number of alkyl carbamates (subject to hydrolysis) is 1. The van der Waals surface area contributed by atoms with Gasteiger partial charge in [-0.15, -0.1) is 6.42 Å². The third-order valence-corrected chi connectivity index (χ3v) is 5.14. The Bertz CT molecular complexity index is 275. The Morgan fingerprint density at radius 2 is 2.06 bits per heavy atom. The molecule has 0 saturated carbocycles. The Morgan fingerprint density at radius 3 is 2.56 bits per heavy atom. The van der Waals surface area contributed by atoms with Crippen LogP contribution in [0.25, 0.3) is 0 Å². The van der Waals surface area contributed by atoms with Gasteiger partial charge in [0.2, 0.25) is 0 Å². The Hall–Kier alpha value is -1.07. The molecular weight excluding hydrogens is 254 g/mol. The van der Waals surface area contributed by atoms with E-state index in [-0.39, 0.29) is 6.61 Å². The minimum atomic E-state index is -2.57. The van der Waals surface area contributed by atoms with E-state index in [2.05, 4.69) is 16.0 Å². The average molecular weight is 275 g/mol. The molecular formula is C11H21NO5Si. The molecule has 1 N–H and O–H groups in total. The van der Waals surface area contributed by atoms with Gasteiger partial charge >= 0.3 is 14.9 Å². The van der Waals surface area contributed by atoms with Crippen LogP contribution in [0.1, 0.15) is 13.3 Å². The highest BCUT2D eigenvalue weighted by Gasteiger charge is 2.37. The lowest BCUT2D eigenvalue weighted by Crippen LogP contribution is -2.44. The summed E-state index contributed by atoms with van der Waals surface area (Å²) < 4.78 is 20.8. The van der Waals surface area contributed by atoms with Gasteiger partial charge in [0, 0.05) is 33.4 Å². The SMILES string of the molecule is C#CCOC(=O)NCCC[Si](OC)(OC)OCC. The first-order chi connectivity index (χ1) is 8.64. The molecule has 0 aromatic rings. The molecule has 0 aromatic heterocycles. The van der Waals surface area contributed by atoms with Gasteiger partial charge < -0.3 is 23.3 Å². The number of terminal acetylenes is 1. The molecule has 0 radical (unpaired) electrons. The normalized spacial score (nSPS) is 10.8. The molecule has 0 aliphatic carbocycles. The molecule has 0 unspecified atom stereocenters. The lowest BCUT2D eigenvalue weighted by Gasteiger charge is -2.25. The van der Waals surface area contributed by atoms with Gasteiger partial charge in [-0.25, -0.2) is 4.79 Å². The van der Waals surface area contributed by atoms with Crippen LogP contribution >= 0.6 is 0 Å². The van der Waals surface area contributed by atoms with Crippen LogP contribution in [-0.2, 0) is 18.0 Å². The fraction of sp³-hybridized carbons (Fsp3) is 0.727. The second-order valence-electron chi connectivity index (χ2n) is 3.33. The van der Waals surface area contributed by atoms with Gasteiger partial charge in [-0.2, -0.15) is 0 Å². The van der Waals surface area contributed by atoms with Crippen LogP contribution in [0.3, 0.4) is 0 Å². The first-order valence-corrected chi connectivity index (χ1v) is 7.65. The summed E-state index contributed by atoms with van der Waals surface area (Å²) in [5.41, 5.74) is 0. The maximum absolute atomic E-state index is 11.1. The van der Waals surface area contributed by atoms with E-state index in [1.807, 2.05) is 6.92 Å². The highest BCUT2D eigenvalue weighted by molar-refractivity contribution is 6.60. The maximum atomic E-state index is 11.1. The first kappa shape index (κ1) is 16.9. The maximum Gasteiger partial charge on any atom is 0.500 e. The van der Waals surface area contributed by atoms with Gasteiger partial charge in [-0.3, -0.25) is 0 Å². The molecule has 0 saturated heterocycles. The largest absolute Gasteiger partial charge is 0.500 e. The monoisotopic (exact) mass is 275 g/mol. The van der Waals surface area contributed by atoms with Crippen molar-refractivity contribution in [1.82, 2.24) is 5.32 Å². The van der Waals surface area contributed by atoms with Gasteiger partial charge in [0.15, 0.2) is 6.61 Å². The predicted molar refractivity (Wildman–Crippen MR) is 69.0 cm³/mol. The molecule has 0 aliphatic heterocycles. The van der Waals surface area contributed by atoms with Gasteiger partial charge in [0.05, 0.1) is 0 Å². The van der Waals surface area contributed by atoms with Crippen LogP contribution in [-0.4, -0.2) is 48.9 Å². The summed E-state index contributed by atoms with van der Waals surface area (Å²) in [6, 6.07) is 0.628. The quantitative estimate of drug-likeness (QED) is 0.386. The number of ether oxygens (including phenoxy) is 1. The number of nitrogens with one attached hydrogen (secondary N) is 1. The summed E-state index contributed by atoms with van der Waals surface area (Å²) in [7, 11) is 0.574. The molecule has 1 amide bonds. The Kier molecular flexibility index (Phi) is 9.32. The fourth-order valence-electron chi connectivity index (χ4n) is 1.35. The minimum Gasteiger partial charge on any atom is -0.436 e. The number of amides is 1. The number of carbonyl (C=O) groups is 1. The van der Waals surface area contributed by atoms with E-state index < -0.39 is 14.9 Å². The zero-order valence-corrected chi connectivity index (χ0v) is 12.2. The van der Waals surface area contributed by atoms with Gasteiger partial charge in [0.25, 0.3) is 0 Å². The standard InChI is InChI=1S/C11H21NO5Si/c1-5-9-16-11(13)12-8-7-10-18(14-3,15-4)17-6-2/h1H,6-10H2,2-4H3,(H,12,13). The third-order valence-electron chi connectivity index (χ3n) is 2.20. The van der Waals surface area contributed by atoms with Crippen LogP contribution in [0, 0.1) is 12.3 Å². The van der Waals surface area contributed by atoms with Gasteiger partial charge in [0.1, 0.15) is 0 Å². The molecule has 7 heteroatoms. The topological polar surface area (TPSA) is 66.0 Å². The van der Waals surface area contributed by atoms with Crippen molar-refractivity contribution in [3.8, 4) is 12.3 Å². The van der Waals surface area contributed by atoms with Crippen molar-refractivity contribution in [2.45, 2.75) is 19.4 Å². The Labute approximate surface area is 109 Å². The number of rotatable bonds is 9. The molecule has 18 heavy (non-hydrogen) atoms. The summed E-state index contributed by atoms with van der Waals surface area (Å²) in [5, 5.41) is 2.58. The summed E-state index contributed by atoms with van der Waals surface area (Å²) in [6.07, 6.45) is 5.12. The first-order valence-electron chi connectivity index (χ1n) is 5.72. The number of carbonyl (C=O) groups excluding carboxylic acids is 1. The fourth-order valence-corrected chi connectivity index (χ4v) is 3.36. The second kappa shape index (κ2) is 9.91. The number of hydrogen-bond donors (Lipinski definition) is 1. The average Bonchev–Trinajstić information content (AvgIpc) is 2.40. The van der Waals surface area contributed by atoms with Crippen LogP contribution < -0.4 is 5.32 Å². The smallest absolute Gasteiger partial charge is 0.436 e. The highest BCUT2D eigenvalue weighted by Crippen LogP contribution is 2.15. The highest BCUT2D eigenvalue weighted by atomic mass is 28.4. The summed E-state index contributed by atoms with van der Waals surface area (Å²) >= 11 is 0. The second-order valence-corrected chi connectivity index (χ2v) is 6.31. The van der Waals surface area contributed by atoms with Crippen molar-refractivity contribution >= 4 is 14.9 Å². The zero-order chi connectivity index (χ0) is 13.9. The molecule has 0 rings (SSSR count). The van der Waals surface area contributed by atoms with Crippen LogP contribution in [0.2, 0.25) is 6.04 Å². The van der Waals surface area contributed by atoms with Crippen LogP contribution in [0.15, 0.2) is 0 Å². The van der Waals surface area contributed by atoms with Crippen molar-refractivity contribution < 1.29 is 22.8 Å². The van der Waals surface area contributed by atoms with E-state index in [1.54, 1.807) is 14.2 Å². The predicted octanol–water partition coefficient (Wildman–Crippen LogP) is 1.00. The number of hydrogen-bond acceptors (Lipinski definition) is 5. The lowest BCUT2D eigenvalue weighted by molar-refractivity contribution is 0.103. The van der Waals surface area contributed by atoms with Crippen molar-refractivity contribution in [3.05, 3.63) is 0 Å². The summed E-state index contributed by atoms with van der Waals surface area (Å²) in [6.45, 7) is 2.85. The van der Waals surface area contributed by atoms with Crippen molar-refractivity contribution in [2.75, 3.05) is 34.0 Å². The Morgan fingerprint density at radius 1 is 1.39 bits per heavy atom. The lowest BCUT2D eigenvalue weighted by atomic mass is 10.5. The Balaban J connectivity index is 3.86. The van der Waals surface area contributed by atoms with Crippen molar-refractivity contribution in [2.24, 2.45) is 0 Å². The molecule has 104 valence electrons. The summed E-state index contributed by atoms with van der Waals surface area (Å²) in [5.74, 6) is 2.21. The minimum absolute atomic E-state index is 0.0282. The molecule has 0 atom stereocenters. The molecule has 0 heterocycles. The van der Waals surface area contributed by atoms with Crippen molar-refractivity contribution in [3.63, 3.8) is 0 Å². The van der Waals surface area contributed by atoms with Crippen LogP contribution in [0.5, 0.6) is 0 Å². The van der Waals surface area contributed by atoms with E-state index in [9.17, 15) is 4.79 Å². The zero-order valence-electron chi connectivity index (χ0n) is 11.2. The molecule has 0 spiro atoms. The molecule has 0 fully saturated rings. The van der Waals surface area contributed by atoms with Gasteiger partial charge in [-0.1, -0.05) is 5.92 Å². The van der Waals surface area contributed by atoms with E-state index >= 15 is 0 Å². The van der Waals surface area contributed by atoms with E-state index in [1.165, 1.54) is 0 Å².